The van der Waals surface area contributed by atoms with Crippen LogP contribution in [-0.4, -0.2) is 20.4 Å². The maximum absolute atomic E-state index is 3.50. The van der Waals surface area contributed by atoms with Crippen molar-refractivity contribution in [1.82, 2.24) is 20.4 Å². The van der Waals surface area contributed by atoms with Crippen molar-refractivity contribution in [3.8, 4) is 0 Å². The number of aryl methyl sites for hydroxylation is 1. The number of rotatable bonds is 0. The number of hydrogen-bond acceptors (Lipinski definition) is 4. The van der Waals surface area contributed by atoms with Crippen molar-refractivity contribution in [1.29, 1.82) is 0 Å². The van der Waals surface area contributed by atoms with Gasteiger partial charge in [0.25, 0.3) is 0 Å². The van der Waals surface area contributed by atoms with E-state index in [0.717, 1.165) is 0 Å². The van der Waals surface area contributed by atoms with Crippen molar-refractivity contribution in [2.45, 2.75) is 20.8 Å². The van der Waals surface area contributed by atoms with Gasteiger partial charge in [-0.3, -0.25) is 0 Å². The van der Waals surface area contributed by atoms with E-state index in [0.29, 0.717) is 5.82 Å². The van der Waals surface area contributed by atoms with Gasteiger partial charge in [0, 0.05) is 0 Å². The molecule has 1 heterocycles. The molecular formula is C5H9N4Rb. The van der Waals surface area contributed by atoms with Gasteiger partial charge >= 0.3 is 58.2 Å². The molecule has 0 aliphatic rings. The average molecular weight is 211 g/mol. The largest absolute Gasteiger partial charge is 1.00 e. The van der Waals surface area contributed by atoms with Gasteiger partial charge in [-0.05, 0) is 6.92 Å². The first-order valence-corrected chi connectivity index (χ1v) is 2.79. The van der Waals surface area contributed by atoms with Gasteiger partial charge in [0.1, 0.15) is 0 Å². The fourth-order valence-electron chi connectivity index (χ4n) is 0.229. The molecule has 0 saturated heterocycles. The van der Waals surface area contributed by atoms with Crippen LogP contribution in [0.2, 0.25) is 0 Å². The Balaban J connectivity index is 0. The number of nitrogens with zero attached hydrogens (tertiary/aromatic N) is 4. The van der Waals surface area contributed by atoms with Crippen LogP contribution in [0, 0.1) is 13.3 Å². The van der Waals surface area contributed by atoms with Gasteiger partial charge in [0.15, 0.2) is 5.82 Å². The molecule has 0 fully saturated rings. The van der Waals surface area contributed by atoms with Gasteiger partial charge in [-0.15, -0.1) is 0 Å². The first-order valence-electron chi connectivity index (χ1n) is 2.79. The predicted molar refractivity (Wildman–Crippen MR) is 32.5 cm³/mol. The molecule has 10 heavy (non-hydrogen) atoms. The molecule has 0 bridgehead atoms. The standard InChI is InChI=1S/C3H3N4.C2H6.Rb/c1-3-6-4-2-5-7-3;1-2;/h1H3;1-2H3;/q-1;;+1. The van der Waals surface area contributed by atoms with Crippen molar-refractivity contribution in [3.63, 3.8) is 0 Å². The second-order valence-corrected chi connectivity index (χ2v) is 1.05. The molecule has 0 unspecified atom stereocenters. The Morgan fingerprint density at radius 2 is 1.50 bits per heavy atom. The van der Waals surface area contributed by atoms with Crippen LogP contribution in [-0.2, 0) is 0 Å². The van der Waals surface area contributed by atoms with Crippen LogP contribution in [0.25, 0.3) is 0 Å². The molecule has 5 heteroatoms. The van der Waals surface area contributed by atoms with Gasteiger partial charge in [0.2, 0.25) is 0 Å². The van der Waals surface area contributed by atoms with Crippen molar-refractivity contribution in [2.24, 2.45) is 0 Å². The van der Waals surface area contributed by atoms with Gasteiger partial charge in [-0.2, -0.15) is 10.2 Å². The summed E-state index contributed by atoms with van der Waals surface area (Å²) in [6.45, 7) is 5.72. The average Bonchev–Trinajstić information content (AvgIpc) is 1.94. The first-order chi connectivity index (χ1) is 4.39. The Labute approximate surface area is 110 Å². The first kappa shape index (κ1) is 13.3. The molecule has 0 N–H and O–H groups in total. The third-order valence-electron chi connectivity index (χ3n) is 0.479. The molecule has 0 amide bonds. The van der Waals surface area contributed by atoms with E-state index in [1.165, 1.54) is 0 Å². The van der Waals surface area contributed by atoms with Crippen molar-refractivity contribution >= 4 is 0 Å². The van der Waals surface area contributed by atoms with E-state index in [2.05, 4.69) is 26.7 Å². The van der Waals surface area contributed by atoms with E-state index in [1.807, 2.05) is 13.8 Å². The van der Waals surface area contributed by atoms with Gasteiger partial charge in [0.05, 0.1) is 0 Å². The normalized spacial score (nSPS) is 6.70. The Morgan fingerprint density at radius 1 is 1.10 bits per heavy atom. The van der Waals surface area contributed by atoms with E-state index in [1.54, 1.807) is 6.92 Å². The van der Waals surface area contributed by atoms with Gasteiger partial charge < -0.3 is 10.2 Å². The van der Waals surface area contributed by atoms with E-state index < -0.39 is 0 Å². The number of hydrogen-bond donors (Lipinski definition) is 0. The third-order valence-corrected chi connectivity index (χ3v) is 0.479. The second-order valence-electron chi connectivity index (χ2n) is 1.05. The molecule has 0 atom stereocenters. The molecule has 1 rings (SSSR count). The third kappa shape index (κ3) is 6.86. The second kappa shape index (κ2) is 9.75. The maximum Gasteiger partial charge on any atom is 1.00 e. The smallest absolute Gasteiger partial charge is 0.349 e. The quantitative estimate of drug-likeness (QED) is 0.441. The predicted octanol–water partition coefficient (Wildman–Crippen LogP) is -2.59. The molecule has 4 nitrogen and oxygen atoms in total. The maximum atomic E-state index is 3.50. The van der Waals surface area contributed by atoms with Crippen LogP contribution in [0.4, 0.5) is 0 Å². The van der Waals surface area contributed by atoms with Gasteiger partial charge in [-0.25, -0.2) is 6.33 Å². The van der Waals surface area contributed by atoms with Crippen LogP contribution < -0.4 is 58.2 Å². The fourth-order valence-corrected chi connectivity index (χ4v) is 0.229. The summed E-state index contributed by atoms with van der Waals surface area (Å²) in [6, 6.07) is 0. The zero-order valence-electron chi connectivity index (χ0n) is 6.79. The summed E-state index contributed by atoms with van der Waals surface area (Å²) in [5.74, 6) is 0.568. The minimum absolute atomic E-state index is 0. The molecule has 0 spiro atoms. The van der Waals surface area contributed by atoms with Crippen molar-refractivity contribution in [3.05, 3.63) is 12.2 Å². The molecular weight excluding hydrogens is 202 g/mol. The Kier molecular flexibility index (Phi) is 13.0. The summed E-state index contributed by atoms with van der Waals surface area (Å²) in [7, 11) is 0. The summed E-state index contributed by atoms with van der Waals surface area (Å²) in [5.41, 5.74) is 0. The molecule has 0 radical (unpaired) electrons. The summed E-state index contributed by atoms with van der Waals surface area (Å²) < 4.78 is 0. The molecule has 0 aliphatic carbocycles. The van der Waals surface area contributed by atoms with E-state index in [9.17, 15) is 0 Å². The Morgan fingerprint density at radius 3 is 1.70 bits per heavy atom. The van der Waals surface area contributed by atoms with Crippen LogP contribution in [0.3, 0.4) is 0 Å². The van der Waals surface area contributed by atoms with Crippen molar-refractivity contribution in [2.75, 3.05) is 0 Å². The Bertz CT molecular complexity index is 144. The van der Waals surface area contributed by atoms with Gasteiger partial charge in [-0.1, -0.05) is 13.8 Å². The summed E-state index contributed by atoms with van der Waals surface area (Å²) in [4.78, 5) is 0. The molecule has 0 saturated carbocycles. The SMILES string of the molecule is CC.Cc1nn[c-]nn1.[Rb+]. The summed E-state index contributed by atoms with van der Waals surface area (Å²) in [5, 5.41) is 13.7. The van der Waals surface area contributed by atoms with E-state index >= 15 is 0 Å². The van der Waals surface area contributed by atoms with Crippen LogP contribution >= 0.6 is 0 Å². The van der Waals surface area contributed by atoms with E-state index in [4.69, 9.17) is 0 Å². The molecule has 0 aromatic carbocycles. The minimum Gasteiger partial charge on any atom is -0.349 e. The zero-order valence-corrected chi connectivity index (χ0v) is 11.7. The minimum atomic E-state index is 0. The van der Waals surface area contributed by atoms with Crippen LogP contribution in [0.5, 0.6) is 0 Å². The molecule has 1 aromatic rings. The fraction of sp³-hybridized carbons (Fsp3) is 0.600. The molecule has 1 aromatic heterocycles. The molecule has 0 aliphatic heterocycles. The van der Waals surface area contributed by atoms with Crippen LogP contribution in [0.1, 0.15) is 19.7 Å². The van der Waals surface area contributed by atoms with Crippen LogP contribution in [0.15, 0.2) is 0 Å². The zero-order chi connectivity index (χ0) is 7.11. The topological polar surface area (TPSA) is 51.6 Å². The molecule has 50 valence electrons. The van der Waals surface area contributed by atoms with E-state index in [-0.39, 0.29) is 58.2 Å². The summed E-state index contributed by atoms with van der Waals surface area (Å²) >= 11 is 0. The summed E-state index contributed by atoms with van der Waals surface area (Å²) in [6.07, 6.45) is 2.21. The Hall–Kier alpha value is 0.745. The number of aromatic nitrogens is 4. The monoisotopic (exact) mass is 210 g/mol. The van der Waals surface area contributed by atoms with Crippen molar-refractivity contribution < 1.29 is 58.2 Å².